The van der Waals surface area contributed by atoms with Crippen molar-refractivity contribution in [1.82, 2.24) is 15.5 Å². The van der Waals surface area contributed by atoms with Gasteiger partial charge in [0, 0.05) is 26.1 Å². The zero-order valence-corrected chi connectivity index (χ0v) is 13.9. The van der Waals surface area contributed by atoms with Crippen molar-refractivity contribution in [3.8, 4) is 0 Å². The predicted octanol–water partition coefficient (Wildman–Crippen LogP) is 1.86. The van der Waals surface area contributed by atoms with Gasteiger partial charge < -0.3 is 15.5 Å². The van der Waals surface area contributed by atoms with Gasteiger partial charge in [-0.15, -0.1) is 0 Å². The second-order valence-electron chi connectivity index (χ2n) is 7.34. The van der Waals surface area contributed by atoms with E-state index < -0.39 is 0 Å². The Hall–Kier alpha value is -0.610. The van der Waals surface area contributed by atoms with E-state index in [1.165, 1.54) is 32.4 Å². The Balaban J connectivity index is 1.54. The van der Waals surface area contributed by atoms with Gasteiger partial charge in [0.2, 0.25) is 5.91 Å². The van der Waals surface area contributed by atoms with Gasteiger partial charge >= 0.3 is 0 Å². The van der Waals surface area contributed by atoms with Crippen LogP contribution >= 0.6 is 0 Å². The Bertz CT molecular complexity index is 313. The Morgan fingerprint density at radius 1 is 1.24 bits per heavy atom. The molecule has 0 aliphatic carbocycles. The molecule has 0 aromatic rings. The van der Waals surface area contributed by atoms with Crippen LogP contribution in [0.3, 0.4) is 0 Å². The summed E-state index contributed by atoms with van der Waals surface area (Å²) in [7, 11) is 0. The van der Waals surface area contributed by atoms with E-state index >= 15 is 0 Å². The minimum Gasteiger partial charge on any atom is -0.356 e. The fourth-order valence-corrected chi connectivity index (χ4v) is 3.61. The number of carbonyl (C=O) groups is 1. The molecule has 2 fully saturated rings. The third kappa shape index (κ3) is 6.35. The monoisotopic (exact) mass is 295 g/mol. The molecule has 4 heteroatoms. The smallest absolute Gasteiger partial charge is 0.220 e. The fraction of sp³-hybridized carbons (Fsp3) is 0.941. The summed E-state index contributed by atoms with van der Waals surface area (Å²) in [5.41, 5.74) is 0. The summed E-state index contributed by atoms with van der Waals surface area (Å²) >= 11 is 0. The lowest BCUT2D eigenvalue weighted by Crippen LogP contribution is -2.32. The van der Waals surface area contributed by atoms with Crippen molar-refractivity contribution in [1.29, 1.82) is 0 Å². The van der Waals surface area contributed by atoms with Crippen LogP contribution in [0.25, 0.3) is 0 Å². The first kappa shape index (κ1) is 16.8. The van der Waals surface area contributed by atoms with E-state index in [0.29, 0.717) is 12.3 Å². The number of hydrogen-bond donors (Lipinski definition) is 2. The minimum absolute atomic E-state index is 0.260. The Kier molecular flexibility index (Phi) is 6.97. The van der Waals surface area contributed by atoms with E-state index in [4.69, 9.17) is 0 Å². The molecule has 21 heavy (non-hydrogen) atoms. The molecule has 2 saturated heterocycles. The maximum atomic E-state index is 12.0. The van der Waals surface area contributed by atoms with E-state index in [-0.39, 0.29) is 5.91 Å². The Morgan fingerprint density at radius 2 is 2.00 bits per heavy atom. The highest BCUT2D eigenvalue weighted by molar-refractivity contribution is 5.75. The van der Waals surface area contributed by atoms with E-state index in [1.54, 1.807) is 0 Å². The van der Waals surface area contributed by atoms with Crippen LogP contribution in [0.2, 0.25) is 0 Å². The summed E-state index contributed by atoms with van der Waals surface area (Å²) in [5.74, 6) is 2.41. The molecule has 1 unspecified atom stereocenters. The summed E-state index contributed by atoms with van der Waals surface area (Å²) in [6.07, 6.45) is 5.49. The molecular formula is C17H33N3O. The quantitative estimate of drug-likeness (QED) is 0.753. The number of nitrogens with zero attached hydrogens (tertiary/aromatic N) is 1. The highest BCUT2D eigenvalue weighted by Crippen LogP contribution is 2.18. The molecule has 2 aliphatic heterocycles. The van der Waals surface area contributed by atoms with Gasteiger partial charge in [0.05, 0.1) is 0 Å². The SMILES string of the molecule is CC(C)CN1CCC(CNC(=O)CCC2CCNCC2)C1. The molecule has 4 nitrogen and oxygen atoms in total. The normalized spacial score (nSPS) is 24.6. The molecular weight excluding hydrogens is 262 g/mol. The maximum Gasteiger partial charge on any atom is 0.220 e. The predicted molar refractivity (Wildman–Crippen MR) is 87.2 cm³/mol. The van der Waals surface area contributed by atoms with Gasteiger partial charge in [0.15, 0.2) is 0 Å². The number of nitrogens with one attached hydrogen (secondary N) is 2. The lowest BCUT2D eigenvalue weighted by molar-refractivity contribution is -0.121. The van der Waals surface area contributed by atoms with Crippen LogP contribution in [-0.2, 0) is 4.79 Å². The number of likely N-dealkylation sites (tertiary alicyclic amines) is 1. The van der Waals surface area contributed by atoms with Gasteiger partial charge in [-0.2, -0.15) is 0 Å². The molecule has 0 radical (unpaired) electrons. The maximum absolute atomic E-state index is 12.0. The Morgan fingerprint density at radius 3 is 2.71 bits per heavy atom. The third-order valence-electron chi connectivity index (χ3n) is 4.82. The van der Waals surface area contributed by atoms with Crippen LogP contribution in [0.4, 0.5) is 0 Å². The summed E-state index contributed by atoms with van der Waals surface area (Å²) < 4.78 is 0. The summed E-state index contributed by atoms with van der Waals surface area (Å²) in [5, 5.41) is 6.53. The molecule has 1 amide bonds. The average molecular weight is 295 g/mol. The zero-order chi connectivity index (χ0) is 15.1. The third-order valence-corrected chi connectivity index (χ3v) is 4.82. The molecule has 0 aromatic carbocycles. The van der Waals surface area contributed by atoms with Gasteiger partial charge in [-0.05, 0) is 63.1 Å². The fourth-order valence-electron chi connectivity index (χ4n) is 3.61. The topological polar surface area (TPSA) is 44.4 Å². The second kappa shape index (κ2) is 8.74. The Labute approximate surface area is 130 Å². The highest BCUT2D eigenvalue weighted by Gasteiger charge is 2.23. The standard InChI is InChI=1S/C17H33N3O/c1-14(2)12-20-10-7-16(13-20)11-19-17(21)4-3-15-5-8-18-9-6-15/h14-16,18H,3-13H2,1-2H3,(H,19,21). The van der Waals surface area contributed by atoms with Crippen LogP contribution in [-0.4, -0.2) is 50.1 Å². The molecule has 2 heterocycles. The van der Waals surface area contributed by atoms with Crippen molar-refractivity contribution >= 4 is 5.91 Å². The summed E-state index contributed by atoms with van der Waals surface area (Å²) in [6.45, 7) is 11.2. The first-order valence-electron chi connectivity index (χ1n) is 8.83. The van der Waals surface area contributed by atoms with Crippen LogP contribution in [0, 0.1) is 17.8 Å². The van der Waals surface area contributed by atoms with Crippen LogP contribution in [0.15, 0.2) is 0 Å². The summed E-state index contributed by atoms with van der Waals surface area (Å²) in [6, 6.07) is 0. The molecule has 1 atom stereocenters. The molecule has 122 valence electrons. The van der Waals surface area contributed by atoms with Gasteiger partial charge in [0.25, 0.3) is 0 Å². The van der Waals surface area contributed by atoms with E-state index in [9.17, 15) is 4.79 Å². The van der Waals surface area contributed by atoms with Crippen molar-refractivity contribution < 1.29 is 4.79 Å². The van der Waals surface area contributed by atoms with E-state index in [1.807, 2.05) is 0 Å². The number of rotatable bonds is 7. The average Bonchev–Trinajstić information content (AvgIpc) is 2.91. The minimum atomic E-state index is 0.260. The number of hydrogen-bond acceptors (Lipinski definition) is 3. The molecule has 2 aliphatic rings. The van der Waals surface area contributed by atoms with Crippen LogP contribution in [0.5, 0.6) is 0 Å². The van der Waals surface area contributed by atoms with Crippen molar-refractivity contribution in [3.05, 3.63) is 0 Å². The highest BCUT2D eigenvalue weighted by atomic mass is 16.1. The first-order valence-corrected chi connectivity index (χ1v) is 8.83. The van der Waals surface area contributed by atoms with Crippen molar-refractivity contribution in [2.75, 3.05) is 39.3 Å². The van der Waals surface area contributed by atoms with Gasteiger partial charge in [0.1, 0.15) is 0 Å². The lowest BCUT2D eigenvalue weighted by atomic mass is 9.93. The van der Waals surface area contributed by atoms with Crippen molar-refractivity contribution in [2.24, 2.45) is 17.8 Å². The molecule has 2 rings (SSSR count). The van der Waals surface area contributed by atoms with Gasteiger partial charge in [-0.3, -0.25) is 4.79 Å². The number of carbonyl (C=O) groups excluding carboxylic acids is 1. The van der Waals surface area contributed by atoms with Gasteiger partial charge in [-0.1, -0.05) is 13.8 Å². The zero-order valence-electron chi connectivity index (χ0n) is 13.9. The molecule has 0 bridgehead atoms. The van der Waals surface area contributed by atoms with Crippen molar-refractivity contribution in [3.63, 3.8) is 0 Å². The van der Waals surface area contributed by atoms with E-state index in [2.05, 4.69) is 29.4 Å². The lowest BCUT2D eigenvalue weighted by Gasteiger charge is -2.22. The second-order valence-corrected chi connectivity index (χ2v) is 7.34. The molecule has 0 saturated carbocycles. The molecule has 0 spiro atoms. The van der Waals surface area contributed by atoms with Gasteiger partial charge in [-0.25, -0.2) is 0 Å². The van der Waals surface area contributed by atoms with E-state index in [0.717, 1.165) is 44.4 Å². The number of piperidine rings is 1. The van der Waals surface area contributed by atoms with Crippen LogP contribution in [0.1, 0.15) is 46.0 Å². The van der Waals surface area contributed by atoms with Crippen molar-refractivity contribution in [2.45, 2.75) is 46.0 Å². The molecule has 2 N–H and O–H groups in total. The van der Waals surface area contributed by atoms with Crippen LogP contribution < -0.4 is 10.6 Å². The summed E-state index contributed by atoms with van der Waals surface area (Å²) in [4.78, 5) is 14.5. The molecule has 0 aromatic heterocycles. The number of amides is 1. The largest absolute Gasteiger partial charge is 0.356 e. The first-order chi connectivity index (χ1) is 10.1.